The molecule has 0 radical (unpaired) electrons. The number of imidazole rings is 1. The minimum atomic E-state index is -5.77. The van der Waals surface area contributed by atoms with Gasteiger partial charge in [0, 0.05) is 51.0 Å². The largest absolute Gasteiger partial charge is 0.434 e. The molecule has 3 fully saturated rings. The van der Waals surface area contributed by atoms with E-state index in [1.54, 1.807) is 11.1 Å². The van der Waals surface area contributed by atoms with Gasteiger partial charge in [0.05, 0.1) is 6.54 Å². The average molecular weight is 538 g/mol. The number of amides is 2. The third-order valence-corrected chi connectivity index (χ3v) is 7.92. The molecular weight excluding hydrogens is 508 g/mol. The summed E-state index contributed by atoms with van der Waals surface area (Å²) in [6, 6.07) is 0. The number of rotatable bonds is 4. The summed E-state index contributed by atoms with van der Waals surface area (Å²) >= 11 is 0. The van der Waals surface area contributed by atoms with Gasteiger partial charge in [-0.1, -0.05) is 0 Å². The van der Waals surface area contributed by atoms with Crippen LogP contribution in [-0.2, 0) is 17.8 Å². The van der Waals surface area contributed by atoms with Gasteiger partial charge >= 0.3 is 18.4 Å². The number of hydrogen-bond donors (Lipinski definition) is 0. The van der Waals surface area contributed by atoms with Crippen LogP contribution in [0.15, 0.2) is 6.20 Å². The van der Waals surface area contributed by atoms with Gasteiger partial charge in [-0.05, 0) is 44.4 Å². The quantitative estimate of drug-likeness (QED) is 0.547. The predicted molar refractivity (Wildman–Crippen MR) is 116 cm³/mol. The number of carbonyl (C=O) groups excluding carboxylic acids is 2. The van der Waals surface area contributed by atoms with Crippen molar-refractivity contribution in [3.05, 3.63) is 17.7 Å². The minimum Gasteiger partial charge on any atom is -0.426 e. The van der Waals surface area contributed by atoms with E-state index in [0.29, 0.717) is 31.6 Å². The van der Waals surface area contributed by atoms with Gasteiger partial charge in [0.1, 0.15) is 11.5 Å². The maximum atomic E-state index is 13.5. The van der Waals surface area contributed by atoms with Gasteiger partial charge in [-0.3, -0.25) is 9.69 Å². The molecule has 1 saturated carbocycles. The molecule has 0 unspecified atom stereocenters. The summed E-state index contributed by atoms with van der Waals surface area (Å²) in [6.07, 6.45) is -11.3. The summed E-state index contributed by atoms with van der Waals surface area (Å²) in [5.41, 5.74) is -0.284. The fraction of sp³-hybridized carbons (Fsp3) is 0.783. The standard InChI is InChI=1S/C23H29F6N5O3/c24-22(25,26)19(23(27,28)29)37-20(36)32-8-5-21(6-9-32)4-1-7-34(21)18(35)16-13-33-11-10-31(12-15-2-3-15)14-17(33)30-16/h13,15,19H,1-12,14H2. The van der Waals surface area contributed by atoms with E-state index in [2.05, 4.69) is 14.6 Å². The molecule has 37 heavy (non-hydrogen) atoms. The Morgan fingerprint density at radius 2 is 1.68 bits per heavy atom. The number of nitrogens with zero attached hydrogens (tertiary/aromatic N) is 5. The summed E-state index contributed by atoms with van der Waals surface area (Å²) < 4.78 is 82.5. The minimum absolute atomic E-state index is 0.110. The summed E-state index contributed by atoms with van der Waals surface area (Å²) in [5.74, 6) is 1.35. The lowest BCUT2D eigenvalue weighted by atomic mass is 9.85. The van der Waals surface area contributed by atoms with E-state index in [1.807, 2.05) is 4.57 Å². The van der Waals surface area contributed by atoms with Crippen molar-refractivity contribution in [3.63, 3.8) is 0 Å². The average Bonchev–Trinajstić information content (AvgIpc) is 3.38. The van der Waals surface area contributed by atoms with Crippen LogP contribution in [0.5, 0.6) is 0 Å². The maximum absolute atomic E-state index is 13.5. The molecule has 1 aromatic rings. The van der Waals surface area contributed by atoms with Gasteiger partial charge in [0.2, 0.25) is 0 Å². The molecule has 8 nitrogen and oxygen atoms in total. The van der Waals surface area contributed by atoms with Crippen molar-refractivity contribution in [2.45, 2.75) is 75.6 Å². The number of piperidine rings is 1. The molecule has 4 aliphatic rings. The number of ether oxygens (including phenoxy) is 1. The topological polar surface area (TPSA) is 70.9 Å². The second-order valence-corrected chi connectivity index (χ2v) is 10.5. The molecule has 5 rings (SSSR count). The number of alkyl halides is 6. The highest BCUT2D eigenvalue weighted by molar-refractivity contribution is 5.93. The van der Waals surface area contributed by atoms with Crippen molar-refractivity contribution < 1.29 is 40.7 Å². The number of likely N-dealkylation sites (tertiary alicyclic amines) is 2. The second-order valence-electron chi connectivity index (χ2n) is 10.5. The van der Waals surface area contributed by atoms with Crippen molar-refractivity contribution >= 4 is 12.0 Å². The monoisotopic (exact) mass is 537 g/mol. The molecule has 2 saturated heterocycles. The lowest BCUT2D eigenvalue weighted by molar-refractivity contribution is -0.308. The molecule has 1 spiro atoms. The highest BCUT2D eigenvalue weighted by Crippen LogP contribution is 2.41. The van der Waals surface area contributed by atoms with Crippen LogP contribution in [-0.4, -0.2) is 93.0 Å². The van der Waals surface area contributed by atoms with Gasteiger partial charge < -0.3 is 19.1 Å². The Bertz CT molecular complexity index is 1020. The fourth-order valence-corrected chi connectivity index (χ4v) is 5.74. The van der Waals surface area contributed by atoms with Crippen LogP contribution in [0.25, 0.3) is 0 Å². The molecule has 0 atom stereocenters. The molecule has 0 bridgehead atoms. The molecule has 0 aromatic carbocycles. The van der Waals surface area contributed by atoms with Crippen molar-refractivity contribution in [3.8, 4) is 0 Å². The normalized spacial score (nSPS) is 22.6. The third kappa shape index (κ3) is 5.39. The SMILES string of the molecule is O=C(OC(C(F)(F)F)C(F)(F)F)N1CCC2(CCCN2C(=O)c2cn3c(n2)CN(CC2CC2)CC3)CC1. The smallest absolute Gasteiger partial charge is 0.426 e. The third-order valence-electron chi connectivity index (χ3n) is 7.92. The Morgan fingerprint density at radius 3 is 2.30 bits per heavy atom. The van der Waals surface area contributed by atoms with Gasteiger partial charge in [-0.15, -0.1) is 0 Å². The lowest BCUT2D eigenvalue weighted by Crippen LogP contribution is -2.56. The Hall–Kier alpha value is -2.51. The molecule has 0 N–H and O–H groups in total. The van der Waals surface area contributed by atoms with Crippen LogP contribution in [0.3, 0.4) is 0 Å². The van der Waals surface area contributed by atoms with E-state index in [9.17, 15) is 35.9 Å². The Kier molecular flexibility index (Phi) is 6.60. The molecular formula is C23H29F6N5O3. The van der Waals surface area contributed by atoms with Crippen molar-refractivity contribution in [1.29, 1.82) is 0 Å². The summed E-state index contributed by atoms with van der Waals surface area (Å²) in [7, 11) is 0. The first-order valence-electron chi connectivity index (χ1n) is 12.6. The van der Waals surface area contributed by atoms with E-state index in [-0.39, 0.29) is 31.8 Å². The molecule has 3 aliphatic heterocycles. The Morgan fingerprint density at radius 1 is 1.00 bits per heavy atom. The van der Waals surface area contributed by atoms with Crippen molar-refractivity contribution in [1.82, 2.24) is 24.3 Å². The first kappa shape index (κ1) is 26.1. The van der Waals surface area contributed by atoms with Crippen LogP contribution in [0.1, 0.15) is 54.8 Å². The van der Waals surface area contributed by atoms with E-state index in [4.69, 9.17) is 0 Å². The number of carbonyl (C=O) groups is 2. The lowest BCUT2D eigenvalue weighted by Gasteiger charge is -2.44. The maximum Gasteiger partial charge on any atom is 0.434 e. The molecule has 2 amide bonds. The zero-order valence-electron chi connectivity index (χ0n) is 20.2. The first-order valence-corrected chi connectivity index (χ1v) is 12.6. The van der Waals surface area contributed by atoms with Crippen LogP contribution < -0.4 is 0 Å². The molecule has 1 aliphatic carbocycles. The molecule has 206 valence electrons. The van der Waals surface area contributed by atoms with Crippen LogP contribution >= 0.6 is 0 Å². The van der Waals surface area contributed by atoms with Gasteiger partial charge in [-0.2, -0.15) is 26.3 Å². The van der Waals surface area contributed by atoms with Crippen LogP contribution in [0, 0.1) is 5.92 Å². The highest BCUT2D eigenvalue weighted by Gasteiger charge is 2.60. The molecule has 1 aromatic heterocycles. The number of halogens is 6. The highest BCUT2D eigenvalue weighted by atomic mass is 19.4. The zero-order chi connectivity index (χ0) is 26.6. The van der Waals surface area contributed by atoms with Crippen molar-refractivity contribution in [2.75, 3.05) is 32.7 Å². The van der Waals surface area contributed by atoms with Gasteiger partial charge in [0.15, 0.2) is 0 Å². The van der Waals surface area contributed by atoms with Crippen molar-refractivity contribution in [2.24, 2.45) is 5.92 Å². The van der Waals surface area contributed by atoms with Gasteiger partial charge in [0.25, 0.3) is 12.0 Å². The number of hydrogen-bond acceptors (Lipinski definition) is 5. The number of fused-ring (bicyclic) bond motifs is 1. The fourth-order valence-electron chi connectivity index (χ4n) is 5.74. The first-order chi connectivity index (χ1) is 17.4. The van der Waals surface area contributed by atoms with E-state index < -0.39 is 30.1 Å². The van der Waals surface area contributed by atoms with E-state index in [1.165, 1.54) is 12.8 Å². The Balaban J connectivity index is 1.22. The summed E-state index contributed by atoms with van der Waals surface area (Å²) in [6.45, 7) is 3.63. The van der Waals surface area contributed by atoms with E-state index in [0.717, 1.165) is 36.3 Å². The molecule has 4 heterocycles. The van der Waals surface area contributed by atoms with Crippen LogP contribution in [0.4, 0.5) is 31.1 Å². The zero-order valence-corrected chi connectivity index (χ0v) is 20.2. The summed E-state index contributed by atoms with van der Waals surface area (Å²) in [4.78, 5) is 35.2. The second kappa shape index (κ2) is 9.35. The van der Waals surface area contributed by atoms with Crippen LogP contribution in [0.2, 0.25) is 0 Å². The van der Waals surface area contributed by atoms with E-state index >= 15 is 0 Å². The predicted octanol–water partition coefficient (Wildman–Crippen LogP) is 3.81. The summed E-state index contributed by atoms with van der Waals surface area (Å²) in [5, 5.41) is 0. The van der Waals surface area contributed by atoms with Gasteiger partial charge in [-0.25, -0.2) is 9.78 Å². The number of aromatic nitrogens is 2. The Labute approximate surface area is 209 Å². The molecule has 14 heteroatoms.